The van der Waals surface area contributed by atoms with E-state index in [0.717, 1.165) is 33.4 Å². The van der Waals surface area contributed by atoms with Crippen LogP contribution >= 0.6 is 11.6 Å². The van der Waals surface area contributed by atoms with Crippen LogP contribution in [0.1, 0.15) is 32.7 Å². The van der Waals surface area contributed by atoms with E-state index in [1.807, 2.05) is 73.8 Å². The third-order valence-electron chi connectivity index (χ3n) is 6.60. The van der Waals surface area contributed by atoms with Crippen LogP contribution in [0.25, 0.3) is 16.8 Å². The normalized spacial score (nSPS) is 11.8. The first-order valence-electron chi connectivity index (χ1n) is 12.4. The Labute approximate surface area is 230 Å². The lowest BCUT2D eigenvalue weighted by Crippen LogP contribution is -2.42. The topological polar surface area (TPSA) is 104 Å². The average molecular weight is 540 g/mol. The molecule has 0 aliphatic rings. The van der Waals surface area contributed by atoms with Crippen LogP contribution in [0.5, 0.6) is 5.75 Å². The number of hydrogen-bond acceptors (Lipinski definition) is 4. The van der Waals surface area contributed by atoms with Gasteiger partial charge in [0.15, 0.2) is 0 Å². The molecule has 3 aromatic carbocycles. The number of aryl methyl sites for hydroxylation is 1. The monoisotopic (exact) mass is 539 g/mol. The quantitative estimate of drug-likeness (QED) is 0.235. The first-order chi connectivity index (χ1) is 18.8. The molecule has 3 N–H and O–H groups in total. The second-order valence-electron chi connectivity index (χ2n) is 9.46. The molecule has 5 aromatic rings. The minimum absolute atomic E-state index is 0.0522. The van der Waals surface area contributed by atoms with E-state index in [1.165, 1.54) is 6.07 Å². The maximum Gasteiger partial charge on any atom is 0.326 e. The molecule has 7 nitrogen and oxygen atoms in total. The van der Waals surface area contributed by atoms with Gasteiger partial charge < -0.3 is 19.9 Å². The molecule has 0 saturated carbocycles. The number of aliphatic carboxylic acids is 1. The van der Waals surface area contributed by atoms with E-state index in [4.69, 9.17) is 11.6 Å². The molecule has 0 unspecified atom stereocenters. The number of imidazole rings is 1. The van der Waals surface area contributed by atoms with Gasteiger partial charge in [-0.05, 0) is 77.1 Å². The highest BCUT2D eigenvalue weighted by molar-refractivity contribution is 6.30. The molecule has 0 saturated heterocycles. The number of carboxylic acid groups (broad SMARTS) is 1. The Kier molecular flexibility index (Phi) is 7.34. The molecule has 196 valence electrons. The molecular formula is C31H26ClN3O4. The molecule has 2 heterocycles. The molecular weight excluding hydrogens is 514 g/mol. The van der Waals surface area contributed by atoms with Crippen LogP contribution in [0.4, 0.5) is 0 Å². The number of carbonyl (C=O) groups excluding carboxylic acids is 1. The second-order valence-corrected chi connectivity index (χ2v) is 9.90. The number of hydrogen-bond donors (Lipinski definition) is 3. The van der Waals surface area contributed by atoms with Crippen molar-refractivity contribution in [2.24, 2.45) is 0 Å². The van der Waals surface area contributed by atoms with E-state index in [2.05, 4.69) is 10.3 Å². The predicted molar refractivity (Wildman–Crippen MR) is 150 cm³/mol. The van der Waals surface area contributed by atoms with E-state index in [0.29, 0.717) is 17.1 Å². The van der Waals surface area contributed by atoms with Gasteiger partial charge in [0.1, 0.15) is 23.1 Å². The number of aromatic hydroxyl groups is 1. The number of carbonyl (C=O) groups is 2. The van der Waals surface area contributed by atoms with Gasteiger partial charge in [0.2, 0.25) is 0 Å². The summed E-state index contributed by atoms with van der Waals surface area (Å²) in [5.74, 6) is -1.65. The highest BCUT2D eigenvalue weighted by Gasteiger charge is 2.24. The molecule has 39 heavy (non-hydrogen) atoms. The Bertz CT molecular complexity index is 1660. The number of fused-ring (bicyclic) bond motifs is 1. The van der Waals surface area contributed by atoms with Gasteiger partial charge in [-0.2, -0.15) is 0 Å². The van der Waals surface area contributed by atoms with Crippen molar-refractivity contribution in [1.82, 2.24) is 14.7 Å². The fraction of sp³-hybridized carbons (Fsp3) is 0.129. The van der Waals surface area contributed by atoms with Crippen LogP contribution in [-0.2, 0) is 17.6 Å². The number of amides is 1. The smallest absolute Gasteiger partial charge is 0.326 e. The van der Waals surface area contributed by atoms with Gasteiger partial charge in [0.05, 0.1) is 0 Å². The number of rotatable bonds is 8. The van der Waals surface area contributed by atoms with Crippen molar-refractivity contribution < 1.29 is 19.8 Å². The summed E-state index contributed by atoms with van der Waals surface area (Å²) in [6.07, 6.45) is 4.04. The van der Waals surface area contributed by atoms with Gasteiger partial charge in [-0.25, -0.2) is 9.78 Å². The number of benzene rings is 3. The van der Waals surface area contributed by atoms with Gasteiger partial charge in [0.25, 0.3) is 5.91 Å². The summed E-state index contributed by atoms with van der Waals surface area (Å²) in [5.41, 5.74) is 6.03. The highest BCUT2D eigenvalue weighted by Crippen LogP contribution is 2.25. The predicted octanol–water partition coefficient (Wildman–Crippen LogP) is 5.69. The second kappa shape index (κ2) is 11.0. The zero-order chi connectivity index (χ0) is 27.5. The zero-order valence-corrected chi connectivity index (χ0v) is 21.9. The molecule has 5 rings (SSSR count). The van der Waals surface area contributed by atoms with E-state index in [1.54, 1.807) is 22.7 Å². The Morgan fingerprint density at radius 2 is 1.69 bits per heavy atom. The van der Waals surface area contributed by atoms with Crippen LogP contribution < -0.4 is 5.32 Å². The SMILES string of the molecule is Cc1cc(-c2ccc(Cl)cc2)cn2cc(C(=O)N[C@@H](Cc3ccc(O)cc3Cc3ccccc3)C(=O)O)nc12. The summed E-state index contributed by atoms with van der Waals surface area (Å²) in [6, 6.07) is 22.8. The first-order valence-corrected chi connectivity index (χ1v) is 12.8. The Morgan fingerprint density at radius 1 is 0.949 bits per heavy atom. The third kappa shape index (κ3) is 5.94. The van der Waals surface area contributed by atoms with Crippen LogP contribution in [0.15, 0.2) is 91.3 Å². The fourth-order valence-corrected chi connectivity index (χ4v) is 4.75. The molecule has 0 fully saturated rings. The fourth-order valence-electron chi connectivity index (χ4n) is 4.62. The Balaban J connectivity index is 1.38. The number of nitrogens with zero attached hydrogens (tertiary/aromatic N) is 2. The maximum atomic E-state index is 13.1. The molecule has 0 radical (unpaired) electrons. The third-order valence-corrected chi connectivity index (χ3v) is 6.85. The molecule has 0 aliphatic heterocycles. The van der Waals surface area contributed by atoms with Crippen LogP contribution in [0.2, 0.25) is 5.02 Å². The molecule has 1 atom stereocenters. The summed E-state index contributed by atoms with van der Waals surface area (Å²) in [7, 11) is 0. The minimum Gasteiger partial charge on any atom is -0.508 e. The minimum atomic E-state index is -1.19. The molecule has 2 aromatic heterocycles. The summed E-state index contributed by atoms with van der Waals surface area (Å²) in [5, 5.41) is 23.3. The molecule has 0 bridgehead atoms. The number of phenolic OH excluding ortho intramolecular Hbond substituents is 1. The first kappa shape index (κ1) is 26.0. The van der Waals surface area contributed by atoms with Crippen molar-refractivity contribution >= 4 is 29.1 Å². The van der Waals surface area contributed by atoms with Gasteiger partial charge in [-0.1, -0.05) is 60.1 Å². The standard InChI is InChI=1S/C31H26ClN3O4/c1-19-13-24(21-7-10-25(32)11-8-21)17-35-18-28(33-29(19)35)30(37)34-27(31(38)39)16-22-9-12-26(36)15-23(22)14-20-5-3-2-4-6-20/h2-13,15,17-18,27,36H,14,16H2,1H3,(H,34,37)(H,38,39)/t27-/m0/s1. The van der Waals surface area contributed by atoms with Gasteiger partial charge >= 0.3 is 5.97 Å². The van der Waals surface area contributed by atoms with E-state index in [-0.39, 0.29) is 17.9 Å². The molecule has 0 spiro atoms. The number of pyridine rings is 1. The highest BCUT2D eigenvalue weighted by atomic mass is 35.5. The van der Waals surface area contributed by atoms with Gasteiger partial charge in [0, 0.05) is 23.8 Å². The number of phenols is 1. The Morgan fingerprint density at radius 3 is 2.41 bits per heavy atom. The van der Waals surface area contributed by atoms with Gasteiger partial charge in [-0.15, -0.1) is 0 Å². The summed E-state index contributed by atoms with van der Waals surface area (Å²) < 4.78 is 1.77. The van der Waals surface area contributed by atoms with Crippen LogP contribution in [0.3, 0.4) is 0 Å². The van der Waals surface area contributed by atoms with Crippen molar-refractivity contribution in [2.75, 3.05) is 0 Å². The van der Waals surface area contributed by atoms with Crippen molar-refractivity contribution in [2.45, 2.75) is 25.8 Å². The molecule has 0 aliphatic carbocycles. The number of carboxylic acids is 1. The summed E-state index contributed by atoms with van der Waals surface area (Å²) in [4.78, 5) is 29.8. The van der Waals surface area contributed by atoms with Crippen molar-refractivity contribution in [3.8, 4) is 16.9 Å². The maximum absolute atomic E-state index is 13.1. The van der Waals surface area contributed by atoms with Crippen LogP contribution in [-0.4, -0.2) is 37.5 Å². The lowest BCUT2D eigenvalue weighted by Gasteiger charge is -2.17. The number of nitrogens with one attached hydrogen (secondary N) is 1. The average Bonchev–Trinajstić information content (AvgIpc) is 3.36. The lowest BCUT2D eigenvalue weighted by atomic mass is 9.95. The lowest BCUT2D eigenvalue weighted by molar-refractivity contribution is -0.139. The van der Waals surface area contributed by atoms with Crippen molar-refractivity contribution in [3.05, 3.63) is 124 Å². The van der Waals surface area contributed by atoms with E-state index >= 15 is 0 Å². The summed E-state index contributed by atoms with van der Waals surface area (Å²) in [6.45, 7) is 1.91. The van der Waals surface area contributed by atoms with E-state index in [9.17, 15) is 19.8 Å². The van der Waals surface area contributed by atoms with Crippen molar-refractivity contribution in [3.63, 3.8) is 0 Å². The molecule has 1 amide bonds. The largest absolute Gasteiger partial charge is 0.508 e. The van der Waals surface area contributed by atoms with Crippen molar-refractivity contribution in [1.29, 1.82) is 0 Å². The number of aromatic nitrogens is 2. The Hall–Kier alpha value is -4.62. The number of halogens is 1. The van der Waals surface area contributed by atoms with Crippen LogP contribution in [0, 0.1) is 6.92 Å². The van der Waals surface area contributed by atoms with Gasteiger partial charge in [-0.3, -0.25) is 4.79 Å². The zero-order valence-electron chi connectivity index (χ0n) is 21.1. The van der Waals surface area contributed by atoms with E-state index < -0.39 is 17.9 Å². The molecule has 8 heteroatoms. The summed E-state index contributed by atoms with van der Waals surface area (Å²) >= 11 is 6.02.